The lowest BCUT2D eigenvalue weighted by Crippen LogP contribution is -2.29. The number of fused-ring (bicyclic) bond motifs is 2. The molecule has 8 nitrogen and oxygen atoms in total. The van der Waals surface area contributed by atoms with Gasteiger partial charge in [0.05, 0.1) is 42.9 Å². The molecule has 1 amide bonds. The zero-order valence-electron chi connectivity index (χ0n) is 23.1. The number of aryl methyl sites for hydroxylation is 1. The second-order valence-electron chi connectivity index (χ2n) is 10.1. The first-order valence-electron chi connectivity index (χ1n) is 13.2. The predicted molar refractivity (Wildman–Crippen MR) is 152 cm³/mol. The Morgan fingerprint density at radius 1 is 1.00 bits per heavy atom. The van der Waals surface area contributed by atoms with Crippen molar-refractivity contribution in [2.75, 3.05) is 25.2 Å². The molecule has 0 fully saturated rings. The predicted octanol–water partition coefficient (Wildman–Crippen LogP) is 6.07. The number of amides is 1. The van der Waals surface area contributed by atoms with E-state index in [-0.39, 0.29) is 23.4 Å². The van der Waals surface area contributed by atoms with Crippen LogP contribution in [-0.2, 0) is 4.74 Å². The molecule has 206 valence electrons. The molecule has 3 aromatic carbocycles. The van der Waals surface area contributed by atoms with Crippen molar-refractivity contribution in [1.82, 2.24) is 0 Å². The highest BCUT2D eigenvalue weighted by atomic mass is 16.5. The van der Waals surface area contributed by atoms with Crippen molar-refractivity contribution in [2.45, 2.75) is 33.7 Å². The molecule has 0 spiro atoms. The molecule has 2 heterocycles. The van der Waals surface area contributed by atoms with Crippen LogP contribution in [0.1, 0.15) is 64.4 Å². The zero-order chi connectivity index (χ0) is 28.6. The number of carbonyl (C=O) groups is 2. The Hall–Kier alpha value is -4.59. The first kappa shape index (κ1) is 27.0. The molecule has 1 aromatic heterocycles. The number of benzene rings is 3. The van der Waals surface area contributed by atoms with Gasteiger partial charge in [0.2, 0.25) is 5.76 Å². The van der Waals surface area contributed by atoms with Crippen LogP contribution in [-0.4, -0.2) is 32.2 Å². The topological polar surface area (TPSA) is 95.3 Å². The van der Waals surface area contributed by atoms with E-state index >= 15 is 0 Å². The van der Waals surface area contributed by atoms with Crippen LogP contribution < -0.4 is 19.8 Å². The Morgan fingerprint density at radius 2 is 1.75 bits per heavy atom. The third-order valence-electron chi connectivity index (χ3n) is 6.76. The molecule has 1 unspecified atom stereocenters. The van der Waals surface area contributed by atoms with Gasteiger partial charge in [-0.3, -0.25) is 14.5 Å². The molecule has 0 radical (unpaired) electrons. The Labute approximate surface area is 232 Å². The number of esters is 1. The van der Waals surface area contributed by atoms with Crippen molar-refractivity contribution in [1.29, 1.82) is 0 Å². The first-order valence-corrected chi connectivity index (χ1v) is 13.2. The van der Waals surface area contributed by atoms with Crippen LogP contribution in [0.2, 0.25) is 0 Å². The summed E-state index contributed by atoms with van der Waals surface area (Å²) in [5.41, 5.74) is 2.72. The van der Waals surface area contributed by atoms with Crippen molar-refractivity contribution in [3.05, 3.63) is 98.9 Å². The van der Waals surface area contributed by atoms with E-state index in [0.29, 0.717) is 51.8 Å². The average molecular weight is 542 g/mol. The van der Waals surface area contributed by atoms with Gasteiger partial charge in [0.15, 0.2) is 16.9 Å². The minimum Gasteiger partial charge on any atom is -0.493 e. The van der Waals surface area contributed by atoms with Gasteiger partial charge in [-0.05, 0) is 73.9 Å². The Kier molecular flexibility index (Phi) is 7.34. The maximum atomic E-state index is 13.9. The van der Waals surface area contributed by atoms with Crippen LogP contribution in [0.3, 0.4) is 0 Å². The van der Waals surface area contributed by atoms with Crippen LogP contribution in [0.4, 0.5) is 5.69 Å². The molecular weight excluding hydrogens is 510 g/mol. The van der Waals surface area contributed by atoms with E-state index < -0.39 is 17.9 Å². The van der Waals surface area contributed by atoms with Crippen LogP contribution in [0.25, 0.3) is 11.0 Å². The summed E-state index contributed by atoms with van der Waals surface area (Å²) >= 11 is 0. The second-order valence-corrected chi connectivity index (χ2v) is 10.1. The van der Waals surface area contributed by atoms with Gasteiger partial charge in [-0.15, -0.1) is 0 Å². The first-order chi connectivity index (χ1) is 19.2. The quantitative estimate of drug-likeness (QED) is 0.250. The molecule has 1 atom stereocenters. The summed E-state index contributed by atoms with van der Waals surface area (Å²) in [5, 5.41) is 0.403. The van der Waals surface area contributed by atoms with Crippen molar-refractivity contribution < 1.29 is 28.2 Å². The zero-order valence-corrected chi connectivity index (χ0v) is 23.1. The highest BCUT2D eigenvalue weighted by molar-refractivity contribution is 6.11. The molecule has 1 aliphatic rings. The minimum atomic E-state index is -0.801. The number of anilines is 1. The Bertz CT molecular complexity index is 1650. The van der Waals surface area contributed by atoms with Gasteiger partial charge in [0.1, 0.15) is 5.58 Å². The molecular formula is C32H31NO7. The average Bonchev–Trinajstić information content (AvgIpc) is 3.24. The smallest absolute Gasteiger partial charge is 0.338 e. The molecule has 40 heavy (non-hydrogen) atoms. The van der Waals surface area contributed by atoms with Gasteiger partial charge in [0, 0.05) is 5.69 Å². The van der Waals surface area contributed by atoms with E-state index in [4.69, 9.17) is 18.6 Å². The van der Waals surface area contributed by atoms with E-state index in [1.54, 1.807) is 62.6 Å². The fourth-order valence-electron chi connectivity index (χ4n) is 4.87. The number of nitrogens with zero attached hydrogens (tertiary/aromatic N) is 1. The third-order valence-corrected chi connectivity index (χ3v) is 6.76. The third kappa shape index (κ3) is 4.81. The van der Waals surface area contributed by atoms with E-state index in [0.717, 1.165) is 5.56 Å². The molecule has 0 saturated carbocycles. The largest absolute Gasteiger partial charge is 0.493 e. The van der Waals surface area contributed by atoms with Crippen molar-refractivity contribution in [2.24, 2.45) is 5.92 Å². The monoisotopic (exact) mass is 541 g/mol. The number of methoxy groups -OCH3 is 1. The SMILES string of the molecule is CCOC(=O)c1ccc(N2C(=O)c3oc4ccc(C)cc4c(=O)c3C2c2ccc(OCC(C)C)c(OC)c2)cc1. The lowest BCUT2D eigenvalue weighted by Gasteiger charge is -2.26. The van der Waals surface area contributed by atoms with Crippen LogP contribution >= 0.6 is 0 Å². The fraction of sp³-hybridized carbons (Fsp3) is 0.281. The normalized spacial score (nSPS) is 14.5. The number of ether oxygens (including phenoxy) is 3. The summed E-state index contributed by atoms with van der Waals surface area (Å²) in [6, 6.07) is 16.4. The standard InChI is InChI=1S/C32H31NO7/c1-6-38-32(36)20-8-11-22(12-9-20)33-28(21-10-14-25(26(16-21)37-5)39-17-18(2)3)27-29(34)23-15-19(4)7-13-24(23)40-30(27)31(33)35/h7-16,18,28H,6,17H2,1-5H3. The highest BCUT2D eigenvalue weighted by Gasteiger charge is 2.44. The van der Waals surface area contributed by atoms with Gasteiger partial charge in [-0.1, -0.05) is 31.5 Å². The lowest BCUT2D eigenvalue weighted by atomic mass is 9.97. The summed E-state index contributed by atoms with van der Waals surface area (Å²) in [5.74, 6) is 0.441. The number of hydrogen-bond acceptors (Lipinski definition) is 7. The van der Waals surface area contributed by atoms with Gasteiger partial charge >= 0.3 is 5.97 Å². The summed E-state index contributed by atoms with van der Waals surface area (Å²) in [6.07, 6.45) is 0. The maximum absolute atomic E-state index is 13.9. The molecule has 1 aliphatic heterocycles. The Morgan fingerprint density at radius 3 is 2.42 bits per heavy atom. The van der Waals surface area contributed by atoms with Crippen LogP contribution in [0.5, 0.6) is 11.5 Å². The number of hydrogen-bond donors (Lipinski definition) is 0. The van der Waals surface area contributed by atoms with E-state index in [1.807, 2.05) is 19.1 Å². The molecule has 0 bridgehead atoms. The van der Waals surface area contributed by atoms with E-state index in [2.05, 4.69) is 13.8 Å². The van der Waals surface area contributed by atoms with Gasteiger partial charge in [0.25, 0.3) is 5.91 Å². The van der Waals surface area contributed by atoms with E-state index in [1.165, 1.54) is 4.90 Å². The Balaban J connectivity index is 1.68. The van der Waals surface area contributed by atoms with Crippen molar-refractivity contribution in [3.63, 3.8) is 0 Å². The van der Waals surface area contributed by atoms with Gasteiger partial charge in [-0.25, -0.2) is 4.79 Å². The van der Waals surface area contributed by atoms with E-state index in [9.17, 15) is 14.4 Å². The summed E-state index contributed by atoms with van der Waals surface area (Å²) in [7, 11) is 1.55. The summed E-state index contributed by atoms with van der Waals surface area (Å²) < 4.78 is 22.7. The number of rotatable bonds is 8. The molecule has 8 heteroatoms. The molecule has 0 saturated heterocycles. The summed E-state index contributed by atoms with van der Waals surface area (Å²) in [4.78, 5) is 41.6. The summed E-state index contributed by atoms with van der Waals surface area (Å²) in [6.45, 7) is 8.50. The molecule has 0 aliphatic carbocycles. The minimum absolute atomic E-state index is 0.0140. The van der Waals surface area contributed by atoms with Crippen LogP contribution in [0, 0.1) is 12.8 Å². The maximum Gasteiger partial charge on any atom is 0.338 e. The number of carbonyl (C=O) groups excluding carboxylic acids is 2. The second kappa shape index (κ2) is 10.9. The molecule has 0 N–H and O–H groups in total. The highest BCUT2D eigenvalue weighted by Crippen LogP contribution is 2.43. The van der Waals surface area contributed by atoms with Crippen molar-refractivity contribution in [3.8, 4) is 11.5 Å². The molecule has 4 aromatic rings. The fourth-order valence-corrected chi connectivity index (χ4v) is 4.87. The van der Waals surface area contributed by atoms with Crippen molar-refractivity contribution >= 4 is 28.5 Å². The molecule has 5 rings (SSSR count). The van der Waals surface area contributed by atoms with Crippen LogP contribution in [0.15, 0.2) is 69.9 Å². The van der Waals surface area contributed by atoms with Gasteiger partial charge in [-0.2, -0.15) is 0 Å². The lowest BCUT2D eigenvalue weighted by molar-refractivity contribution is 0.0526. The van der Waals surface area contributed by atoms with Gasteiger partial charge < -0.3 is 18.6 Å².